The predicted octanol–water partition coefficient (Wildman–Crippen LogP) is 2.85. The van der Waals surface area contributed by atoms with Crippen molar-refractivity contribution in [3.63, 3.8) is 0 Å². The van der Waals surface area contributed by atoms with Gasteiger partial charge in [0, 0.05) is 32.2 Å². The third-order valence-corrected chi connectivity index (χ3v) is 7.00. The van der Waals surface area contributed by atoms with Gasteiger partial charge in [-0.15, -0.1) is 0 Å². The van der Waals surface area contributed by atoms with Crippen LogP contribution in [0, 0.1) is 5.41 Å². The zero-order valence-electron chi connectivity index (χ0n) is 20.0. The first kappa shape index (κ1) is 25.1. The number of hydrogen-bond donors (Lipinski definition) is 1. The number of carbonyl (C=O) groups is 2. The van der Waals surface area contributed by atoms with Gasteiger partial charge in [0.1, 0.15) is 11.5 Å². The van der Waals surface area contributed by atoms with Crippen LogP contribution < -0.4 is 14.8 Å². The molecule has 2 heterocycles. The van der Waals surface area contributed by atoms with E-state index in [0.717, 1.165) is 32.4 Å². The van der Waals surface area contributed by atoms with E-state index in [1.165, 1.54) is 0 Å². The maximum absolute atomic E-state index is 13.2. The number of ether oxygens (including phenoxy) is 3. The first-order chi connectivity index (χ1) is 15.8. The number of carbonyl (C=O) groups excluding carboxylic acids is 2. The Labute approximate surface area is 201 Å². The molecule has 3 rings (SSSR count). The lowest BCUT2D eigenvalue weighted by Gasteiger charge is -2.39. The van der Waals surface area contributed by atoms with E-state index in [9.17, 15) is 9.59 Å². The Bertz CT molecular complexity index is 870. The molecule has 9 heteroatoms. The fourth-order valence-corrected chi connectivity index (χ4v) is 5.03. The third kappa shape index (κ3) is 6.07. The molecule has 1 aromatic rings. The average Bonchev–Trinajstić information content (AvgIpc) is 3.22. The zero-order valence-corrected chi connectivity index (χ0v) is 20.8. The van der Waals surface area contributed by atoms with Crippen LogP contribution in [0.5, 0.6) is 11.5 Å². The van der Waals surface area contributed by atoms with Crippen LogP contribution in [0.15, 0.2) is 18.2 Å². The van der Waals surface area contributed by atoms with Gasteiger partial charge < -0.3 is 29.3 Å². The monoisotopic (exact) mass is 477 g/mol. The van der Waals surface area contributed by atoms with Gasteiger partial charge in [0.25, 0.3) is 5.91 Å². The first-order valence-electron chi connectivity index (χ1n) is 11.5. The Hall–Kier alpha value is -2.55. The molecule has 0 bridgehead atoms. The van der Waals surface area contributed by atoms with Crippen LogP contribution in [0.4, 0.5) is 0 Å². The van der Waals surface area contributed by atoms with Gasteiger partial charge in [-0.3, -0.25) is 9.59 Å². The van der Waals surface area contributed by atoms with E-state index >= 15 is 0 Å². The standard InChI is InChI=1S/C24H35N3O5S/c1-5-32-21(28)14-17(2)25-23(33)27-13-10-24(16-27)8-11-26(12-9-24)22(29)19-15-18(30-3)6-7-20(19)31-4/h6-7,15,17H,5,8-14,16H2,1-4H3,(H,25,33). The summed E-state index contributed by atoms with van der Waals surface area (Å²) in [5.41, 5.74) is 0.688. The minimum Gasteiger partial charge on any atom is -0.497 e. The largest absolute Gasteiger partial charge is 0.497 e. The Balaban J connectivity index is 1.54. The van der Waals surface area contributed by atoms with Crippen LogP contribution in [-0.2, 0) is 9.53 Å². The Kier molecular flexibility index (Phi) is 8.40. The van der Waals surface area contributed by atoms with Gasteiger partial charge in [-0.25, -0.2) is 0 Å². The van der Waals surface area contributed by atoms with Crippen LogP contribution in [0.2, 0.25) is 0 Å². The minimum atomic E-state index is -0.220. The third-order valence-electron chi connectivity index (χ3n) is 6.62. The molecule has 0 aliphatic carbocycles. The molecule has 0 radical (unpaired) electrons. The molecule has 0 aromatic heterocycles. The number of esters is 1. The summed E-state index contributed by atoms with van der Waals surface area (Å²) in [4.78, 5) is 29.0. The highest BCUT2D eigenvalue weighted by Crippen LogP contribution is 2.41. The molecule has 182 valence electrons. The minimum absolute atomic E-state index is 0.0274. The van der Waals surface area contributed by atoms with Crippen molar-refractivity contribution in [3.05, 3.63) is 23.8 Å². The van der Waals surface area contributed by atoms with Gasteiger partial charge in [-0.05, 0) is 68.9 Å². The topological polar surface area (TPSA) is 80.3 Å². The number of likely N-dealkylation sites (tertiary alicyclic amines) is 2. The van der Waals surface area contributed by atoms with E-state index in [-0.39, 0.29) is 29.8 Å². The fourth-order valence-electron chi connectivity index (χ4n) is 4.68. The number of piperidine rings is 1. The van der Waals surface area contributed by atoms with Crippen LogP contribution >= 0.6 is 12.2 Å². The van der Waals surface area contributed by atoms with Crippen molar-refractivity contribution in [1.29, 1.82) is 0 Å². The molecule has 33 heavy (non-hydrogen) atoms. The molecule has 1 spiro atoms. The number of nitrogens with zero attached hydrogens (tertiary/aromatic N) is 2. The lowest BCUT2D eigenvalue weighted by atomic mass is 9.77. The number of rotatable bonds is 7. The molecule has 2 saturated heterocycles. The van der Waals surface area contributed by atoms with Gasteiger partial charge >= 0.3 is 5.97 Å². The maximum Gasteiger partial charge on any atom is 0.307 e. The quantitative estimate of drug-likeness (QED) is 0.474. The highest BCUT2D eigenvalue weighted by Gasteiger charge is 2.42. The summed E-state index contributed by atoms with van der Waals surface area (Å²) >= 11 is 5.61. The highest BCUT2D eigenvalue weighted by atomic mass is 32.1. The Morgan fingerprint density at radius 2 is 1.79 bits per heavy atom. The SMILES string of the molecule is CCOC(=O)CC(C)NC(=S)N1CCC2(CCN(C(=O)c3cc(OC)ccc3OC)CC2)C1. The smallest absolute Gasteiger partial charge is 0.307 e. The van der Waals surface area contributed by atoms with Crippen LogP contribution in [0.3, 0.4) is 0 Å². The van der Waals surface area contributed by atoms with Crippen LogP contribution in [0.1, 0.15) is 49.9 Å². The van der Waals surface area contributed by atoms with Crippen molar-refractivity contribution in [3.8, 4) is 11.5 Å². The van der Waals surface area contributed by atoms with Gasteiger partial charge in [0.2, 0.25) is 0 Å². The van der Waals surface area contributed by atoms with Crippen molar-refractivity contribution >= 4 is 29.2 Å². The predicted molar refractivity (Wildman–Crippen MR) is 130 cm³/mol. The van der Waals surface area contributed by atoms with Crippen molar-refractivity contribution < 1.29 is 23.8 Å². The molecule has 1 aromatic carbocycles. The van der Waals surface area contributed by atoms with E-state index in [1.54, 1.807) is 39.3 Å². The number of methoxy groups -OCH3 is 2. The van der Waals surface area contributed by atoms with Gasteiger partial charge in [0.15, 0.2) is 5.11 Å². The molecule has 2 aliphatic rings. The second kappa shape index (κ2) is 11.0. The van der Waals surface area contributed by atoms with Gasteiger partial charge in [0.05, 0.1) is 32.8 Å². The zero-order chi connectivity index (χ0) is 24.0. The molecule has 1 atom stereocenters. The van der Waals surface area contributed by atoms with Crippen LogP contribution in [-0.4, -0.2) is 79.8 Å². The molecule has 2 fully saturated rings. The van der Waals surface area contributed by atoms with Crippen molar-refractivity contribution in [2.24, 2.45) is 5.41 Å². The Morgan fingerprint density at radius 1 is 1.12 bits per heavy atom. The van der Waals surface area contributed by atoms with E-state index < -0.39 is 0 Å². The van der Waals surface area contributed by atoms with Crippen LogP contribution in [0.25, 0.3) is 0 Å². The highest BCUT2D eigenvalue weighted by molar-refractivity contribution is 7.80. The summed E-state index contributed by atoms with van der Waals surface area (Å²) in [5, 5.41) is 3.95. The lowest BCUT2D eigenvalue weighted by Crippen LogP contribution is -2.47. The summed E-state index contributed by atoms with van der Waals surface area (Å²) in [6, 6.07) is 5.22. The maximum atomic E-state index is 13.2. The number of nitrogens with one attached hydrogen (secondary N) is 1. The number of hydrogen-bond acceptors (Lipinski definition) is 6. The molecule has 8 nitrogen and oxygen atoms in total. The lowest BCUT2D eigenvalue weighted by molar-refractivity contribution is -0.143. The summed E-state index contributed by atoms with van der Waals surface area (Å²) < 4.78 is 15.7. The summed E-state index contributed by atoms with van der Waals surface area (Å²) in [5.74, 6) is 0.946. The summed E-state index contributed by atoms with van der Waals surface area (Å²) in [7, 11) is 3.16. The molecule has 2 aliphatic heterocycles. The molecule has 1 N–H and O–H groups in total. The van der Waals surface area contributed by atoms with E-state index in [1.807, 2.05) is 11.8 Å². The van der Waals surface area contributed by atoms with E-state index in [0.29, 0.717) is 41.9 Å². The molecule has 1 unspecified atom stereocenters. The van der Waals surface area contributed by atoms with Crippen molar-refractivity contribution in [1.82, 2.24) is 15.1 Å². The molecule has 0 saturated carbocycles. The van der Waals surface area contributed by atoms with Crippen molar-refractivity contribution in [2.75, 3.05) is 47.0 Å². The van der Waals surface area contributed by atoms with E-state index in [2.05, 4.69) is 10.2 Å². The van der Waals surface area contributed by atoms with E-state index in [4.69, 9.17) is 26.4 Å². The normalized spacial score (nSPS) is 18.1. The molecule has 1 amide bonds. The van der Waals surface area contributed by atoms with Gasteiger partial charge in [-0.2, -0.15) is 0 Å². The fraction of sp³-hybridized carbons (Fsp3) is 0.625. The molecular weight excluding hydrogens is 442 g/mol. The number of thiocarbonyl (C=S) groups is 1. The van der Waals surface area contributed by atoms with Gasteiger partial charge in [-0.1, -0.05) is 0 Å². The Morgan fingerprint density at radius 3 is 2.39 bits per heavy atom. The average molecular weight is 478 g/mol. The number of benzene rings is 1. The van der Waals surface area contributed by atoms with Crippen molar-refractivity contribution in [2.45, 2.75) is 45.6 Å². The first-order valence-corrected chi connectivity index (χ1v) is 11.9. The summed E-state index contributed by atoms with van der Waals surface area (Å²) in [6.07, 6.45) is 3.20. The second-order valence-electron chi connectivity index (χ2n) is 8.89. The number of amides is 1. The molecular formula is C24H35N3O5S. The summed E-state index contributed by atoms with van der Waals surface area (Å²) in [6.45, 7) is 7.28. The second-order valence-corrected chi connectivity index (χ2v) is 9.28.